The molecule has 126 valence electrons. The van der Waals surface area contributed by atoms with Gasteiger partial charge in [-0.25, -0.2) is 4.79 Å². The number of carbonyl (C=O) groups is 1. The van der Waals surface area contributed by atoms with Crippen LogP contribution in [0.2, 0.25) is 0 Å². The molecule has 0 spiro atoms. The Hall–Kier alpha value is -1.31. The Labute approximate surface area is 140 Å². The average molecular weight is 314 g/mol. The molecule has 0 N–H and O–H groups in total. The Kier molecular flexibility index (Phi) is 5.75. The molecule has 0 aromatic heterocycles. The van der Waals surface area contributed by atoms with Crippen molar-refractivity contribution in [3.8, 4) is 0 Å². The number of esters is 1. The summed E-state index contributed by atoms with van der Waals surface area (Å²) < 4.78 is 5.31. The number of benzene rings is 1. The van der Waals surface area contributed by atoms with Crippen molar-refractivity contribution in [1.82, 2.24) is 0 Å². The van der Waals surface area contributed by atoms with Gasteiger partial charge in [0.05, 0.1) is 12.2 Å². The lowest BCUT2D eigenvalue weighted by Crippen LogP contribution is -2.14. The number of hydrogen-bond donors (Lipinski definition) is 0. The van der Waals surface area contributed by atoms with Crippen LogP contribution in [-0.2, 0) is 4.74 Å². The smallest absolute Gasteiger partial charge is 0.338 e. The number of ether oxygens (including phenoxy) is 1. The van der Waals surface area contributed by atoms with Gasteiger partial charge in [-0.3, -0.25) is 0 Å². The van der Waals surface area contributed by atoms with Gasteiger partial charge in [-0.15, -0.1) is 0 Å². The predicted octanol–water partition coefficient (Wildman–Crippen LogP) is 5.96. The van der Waals surface area contributed by atoms with Gasteiger partial charge in [-0.05, 0) is 61.6 Å². The minimum Gasteiger partial charge on any atom is -0.462 e. The summed E-state index contributed by atoms with van der Waals surface area (Å²) in [5, 5.41) is 0. The summed E-state index contributed by atoms with van der Waals surface area (Å²) >= 11 is 0. The maximum Gasteiger partial charge on any atom is 0.338 e. The molecule has 0 aliphatic heterocycles. The van der Waals surface area contributed by atoms with E-state index in [1.165, 1.54) is 75.3 Å². The van der Waals surface area contributed by atoms with Gasteiger partial charge in [0, 0.05) is 0 Å². The topological polar surface area (TPSA) is 26.3 Å². The van der Waals surface area contributed by atoms with Crippen molar-refractivity contribution in [2.24, 2.45) is 0 Å². The van der Waals surface area contributed by atoms with E-state index in [1.807, 2.05) is 13.0 Å². The summed E-state index contributed by atoms with van der Waals surface area (Å²) in [6.07, 6.45) is 13.1. The van der Waals surface area contributed by atoms with E-state index in [2.05, 4.69) is 12.1 Å². The van der Waals surface area contributed by atoms with Gasteiger partial charge in [0.25, 0.3) is 0 Å². The van der Waals surface area contributed by atoms with Gasteiger partial charge in [-0.2, -0.15) is 0 Å². The van der Waals surface area contributed by atoms with Gasteiger partial charge >= 0.3 is 5.97 Å². The first kappa shape index (κ1) is 16.5. The lowest BCUT2D eigenvalue weighted by atomic mass is 9.78. The van der Waals surface area contributed by atoms with Crippen molar-refractivity contribution in [2.45, 2.75) is 83.0 Å². The molecule has 0 saturated heterocycles. The normalized spacial score (nSPS) is 20.4. The second-order valence-electron chi connectivity index (χ2n) is 7.24. The van der Waals surface area contributed by atoms with Crippen molar-refractivity contribution in [2.75, 3.05) is 6.61 Å². The Morgan fingerprint density at radius 3 is 2.17 bits per heavy atom. The molecule has 1 aromatic rings. The fourth-order valence-electron chi connectivity index (χ4n) is 4.42. The molecule has 0 unspecified atom stereocenters. The molecule has 2 aliphatic carbocycles. The van der Waals surface area contributed by atoms with Crippen molar-refractivity contribution in [3.63, 3.8) is 0 Å². The van der Waals surface area contributed by atoms with E-state index in [4.69, 9.17) is 4.74 Å². The molecule has 2 fully saturated rings. The molecule has 0 heterocycles. The number of rotatable bonds is 4. The zero-order chi connectivity index (χ0) is 16.1. The minimum absolute atomic E-state index is 0.136. The highest BCUT2D eigenvalue weighted by atomic mass is 16.5. The van der Waals surface area contributed by atoms with Gasteiger partial charge in [0.15, 0.2) is 0 Å². The lowest BCUT2D eigenvalue weighted by molar-refractivity contribution is 0.0524. The maximum absolute atomic E-state index is 12.4. The van der Waals surface area contributed by atoms with E-state index >= 15 is 0 Å². The molecule has 1 aromatic carbocycles. The summed E-state index contributed by atoms with van der Waals surface area (Å²) in [6.45, 7) is 2.34. The van der Waals surface area contributed by atoms with Crippen molar-refractivity contribution >= 4 is 5.97 Å². The lowest BCUT2D eigenvalue weighted by Gasteiger charge is -2.27. The minimum atomic E-state index is -0.136. The van der Waals surface area contributed by atoms with Gasteiger partial charge in [0.1, 0.15) is 0 Å². The predicted molar refractivity (Wildman–Crippen MR) is 94.1 cm³/mol. The quantitative estimate of drug-likeness (QED) is 0.641. The Morgan fingerprint density at radius 2 is 1.57 bits per heavy atom. The first-order valence-electron chi connectivity index (χ1n) is 9.60. The summed E-state index contributed by atoms with van der Waals surface area (Å²) in [6, 6.07) is 6.60. The summed E-state index contributed by atoms with van der Waals surface area (Å²) in [5.41, 5.74) is 3.54. The fourth-order valence-corrected chi connectivity index (χ4v) is 4.42. The molecule has 0 bridgehead atoms. The second-order valence-corrected chi connectivity index (χ2v) is 7.24. The summed E-state index contributed by atoms with van der Waals surface area (Å²) in [7, 11) is 0. The van der Waals surface area contributed by atoms with Crippen LogP contribution in [0.15, 0.2) is 18.2 Å². The van der Waals surface area contributed by atoms with E-state index in [0.29, 0.717) is 18.4 Å². The SMILES string of the molecule is CCOC(=O)c1ccc(C2CCCCC2)cc1C1CCCCC1. The highest BCUT2D eigenvalue weighted by molar-refractivity contribution is 5.91. The van der Waals surface area contributed by atoms with Crippen molar-refractivity contribution in [1.29, 1.82) is 0 Å². The molecular formula is C21H30O2. The maximum atomic E-state index is 12.4. The Bertz CT molecular complexity index is 523. The molecule has 2 aliphatic rings. The van der Waals surface area contributed by atoms with Gasteiger partial charge in [-0.1, -0.05) is 50.7 Å². The third-order valence-electron chi connectivity index (χ3n) is 5.69. The van der Waals surface area contributed by atoms with Crippen LogP contribution in [0, 0.1) is 0 Å². The average Bonchev–Trinajstić information content (AvgIpc) is 2.63. The van der Waals surface area contributed by atoms with E-state index in [-0.39, 0.29) is 5.97 Å². The summed E-state index contributed by atoms with van der Waals surface area (Å²) in [5.74, 6) is 1.11. The molecule has 2 heteroatoms. The molecule has 2 nitrogen and oxygen atoms in total. The zero-order valence-electron chi connectivity index (χ0n) is 14.5. The molecule has 0 radical (unpaired) electrons. The second kappa shape index (κ2) is 7.99. The third-order valence-corrected chi connectivity index (χ3v) is 5.69. The van der Waals surface area contributed by atoms with E-state index in [1.54, 1.807) is 0 Å². The Morgan fingerprint density at radius 1 is 0.957 bits per heavy atom. The third kappa shape index (κ3) is 3.97. The van der Waals surface area contributed by atoms with Gasteiger partial charge in [0.2, 0.25) is 0 Å². The highest BCUT2D eigenvalue weighted by Crippen LogP contribution is 2.38. The first-order valence-corrected chi connectivity index (χ1v) is 9.60. The van der Waals surface area contributed by atoms with Crippen LogP contribution in [0.25, 0.3) is 0 Å². The largest absolute Gasteiger partial charge is 0.462 e. The van der Waals surface area contributed by atoms with Crippen LogP contribution in [0.1, 0.15) is 104 Å². The molecular weight excluding hydrogens is 284 g/mol. The van der Waals surface area contributed by atoms with Crippen molar-refractivity contribution < 1.29 is 9.53 Å². The fraction of sp³-hybridized carbons (Fsp3) is 0.667. The molecule has 0 amide bonds. The summed E-state index contributed by atoms with van der Waals surface area (Å²) in [4.78, 5) is 12.4. The van der Waals surface area contributed by atoms with Crippen LogP contribution in [-0.4, -0.2) is 12.6 Å². The molecule has 3 rings (SSSR count). The van der Waals surface area contributed by atoms with Crippen LogP contribution >= 0.6 is 0 Å². The molecule has 0 atom stereocenters. The van der Waals surface area contributed by atoms with Gasteiger partial charge < -0.3 is 4.74 Å². The van der Waals surface area contributed by atoms with Crippen LogP contribution in [0.5, 0.6) is 0 Å². The standard InChI is InChI=1S/C21H30O2/c1-2-23-21(22)19-14-13-18(16-9-5-3-6-10-16)15-20(19)17-11-7-4-8-12-17/h13-17H,2-12H2,1H3. The number of hydrogen-bond acceptors (Lipinski definition) is 2. The molecule has 2 saturated carbocycles. The molecule has 23 heavy (non-hydrogen) atoms. The highest BCUT2D eigenvalue weighted by Gasteiger charge is 2.24. The van der Waals surface area contributed by atoms with Crippen LogP contribution < -0.4 is 0 Å². The van der Waals surface area contributed by atoms with E-state index in [9.17, 15) is 4.79 Å². The Balaban J connectivity index is 1.90. The van der Waals surface area contributed by atoms with E-state index < -0.39 is 0 Å². The van der Waals surface area contributed by atoms with Crippen molar-refractivity contribution in [3.05, 3.63) is 34.9 Å². The van der Waals surface area contributed by atoms with Crippen LogP contribution in [0.4, 0.5) is 0 Å². The number of carbonyl (C=O) groups excluding carboxylic acids is 1. The van der Waals surface area contributed by atoms with E-state index in [0.717, 1.165) is 5.56 Å². The zero-order valence-corrected chi connectivity index (χ0v) is 14.5. The first-order chi connectivity index (χ1) is 11.3. The van der Waals surface area contributed by atoms with Crippen LogP contribution in [0.3, 0.4) is 0 Å². The monoisotopic (exact) mass is 314 g/mol.